The van der Waals surface area contributed by atoms with Crippen molar-refractivity contribution in [2.45, 2.75) is 47.0 Å². The highest BCUT2D eigenvalue weighted by Gasteiger charge is 2.11. The number of nitrogens with zero attached hydrogens (tertiary/aromatic N) is 1. The van der Waals surface area contributed by atoms with E-state index < -0.39 is 0 Å². The Bertz CT molecular complexity index is 809. The topological polar surface area (TPSA) is 47.1 Å². The third-order valence-corrected chi connectivity index (χ3v) is 4.03. The van der Waals surface area contributed by atoms with Gasteiger partial charge in [-0.3, -0.25) is 5.10 Å². The van der Waals surface area contributed by atoms with Crippen molar-refractivity contribution in [2.24, 2.45) is 0 Å². The first kappa shape index (κ1) is 19.8. The number of hydrogen-bond donors (Lipinski definition) is 1. The lowest BCUT2D eigenvalue weighted by Crippen LogP contribution is -1.97. The molecule has 4 rings (SSSR count). The molecule has 0 saturated heterocycles. The maximum Gasteiger partial charge on any atom is 0.161 e. The van der Waals surface area contributed by atoms with Crippen LogP contribution in [0.4, 0.5) is 0 Å². The van der Waals surface area contributed by atoms with Crippen molar-refractivity contribution in [3.8, 4) is 11.5 Å². The molecule has 140 valence electrons. The Balaban J connectivity index is 0.000000178. The molecule has 1 N–H and O–H groups in total. The minimum atomic E-state index is 0.534. The maximum absolute atomic E-state index is 5.61. The molecule has 0 amide bonds. The highest BCUT2D eigenvalue weighted by atomic mass is 16.5. The van der Waals surface area contributed by atoms with Gasteiger partial charge in [-0.25, -0.2) is 0 Å². The highest BCUT2D eigenvalue weighted by molar-refractivity contribution is 5.78. The van der Waals surface area contributed by atoms with Crippen LogP contribution in [-0.4, -0.2) is 23.4 Å². The van der Waals surface area contributed by atoms with Crippen LogP contribution < -0.4 is 9.47 Å². The van der Waals surface area contributed by atoms with Gasteiger partial charge in [-0.1, -0.05) is 45.4 Å². The molecule has 1 aromatic heterocycles. The first-order valence-corrected chi connectivity index (χ1v) is 9.43. The first-order valence-electron chi connectivity index (χ1n) is 9.43. The van der Waals surface area contributed by atoms with Gasteiger partial charge in [-0.05, 0) is 42.7 Å². The molecule has 0 unspecified atom stereocenters. The van der Waals surface area contributed by atoms with Gasteiger partial charge >= 0.3 is 0 Å². The van der Waals surface area contributed by atoms with Crippen molar-refractivity contribution in [3.05, 3.63) is 53.7 Å². The summed E-state index contributed by atoms with van der Waals surface area (Å²) in [7, 11) is 0. The predicted molar refractivity (Wildman–Crippen MR) is 108 cm³/mol. The standard InChI is InChI=1S/C12H16O2.C8H8N2.C2H6/c1-9(2)10-4-5-11-12(8-10)14-7-3-6-13-11;1-6-2-3-8-7(4-6)5-9-10-8;1-2/h4-5,8-9H,3,6-7H2,1-2H3;2-5H,1H3,(H,9,10);1-2H3. The number of aromatic nitrogens is 2. The van der Waals surface area contributed by atoms with E-state index in [0.29, 0.717) is 5.92 Å². The van der Waals surface area contributed by atoms with Gasteiger partial charge in [0.15, 0.2) is 11.5 Å². The number of aromatic amines is 1. The summed E-state index contributed by atoms with van der Waals surface area (Å²) < 4.78 is 11.2. The fourth-order valence-corrected chi connectivity index (χ4v) is 2.60. The van der Waals surface area contributed by atoms with Crippen molar-refractivity contribution in [1.82, 2.24) is 10.2 Å². The maximum atomic E-state index is 5.61. The van der Waals surface area contributed by atoms with E-state index in [-0.39, 0.29) is 0 Å². The summed E-state index contributed by atoms with van der Waals surface area (Å²) in [6.45, 7) is 12.0. The molecule has 1 aliphatic heterocycles. The number of benzene rings is 2. The monoisotopic (exact) mass is 354 g/mol. The van der Waals surface area contributed by atoms with Crippen LogP contribution in [0.2, 0.25) is 0 Å². The molecule has 1 aliphatic rings. The quantitative estimate of drug-likeness (QED) is 0.594. The van der Waals surface area contributed by atoms with Crippen LogP contribution in [0, 0.1) is 6.92 Å². The van der Waals surface area contributed by atoms with Gasteiger partial charge in [-0.15, -0.1) is 0 Å². The Morgan fingerprint density at radius 1 is 0.962 bits per heavy atom. The second kappa shape index (κ2) is 9.85. The van der Waals surface area contributed by atoms with E-state index in [0.717, 1.165) is 36.7 Å². The molecule has 2 aromatic carbocycles. The Kier molecular flexibility index (Phi) is 7.52. The van der Waals surface area contributed by atoms with Crippen LogP contribution in [0.15, 0.2) is 42.6 Å². The zero-order valence-corrected chi connectivity index (χ0v) is 16.5. The van der Waals surface area contributed by atoms with E-state index in [1.54, 1.807) is 0 Å². The van der Waals surface area contributed by atoms with Crippen molar-refractivity contribution in [2.75, 3.05) is 13.2 Å². The number of nitrogens with one attached hydrogen (secondary N) is 1. The summed E-state index contributed by atoms with van der Waals surface area (Å²) in [4.78, 5) is 0. The molecule has 0 aliphatic carbocycles. The fourth-order valence-electron chi connectivity index (χ4n) is 2.60. The van der Waals surface area contributed by atoms with Crippen LogP contribution in [-0.2, 0) is 0 Å². The Labute approximate surface area is 156 Å². The van der Waals surface area contributed by atoms with E-state index in [4.69, 9.17) is 9.47 Å². The van der Waals surface area contributed by atoms with Gasteiger partial charge in [0, 0.05) is 11.8 Å². The van der Waals surface area contributed by atoms with E-state index in [1.165, 1.54) is 16.5 Å². The second-order valence-electron chi connectivity index (χ2n) is 6.37. The summed E-state index contributed by atoms with van der Waals surface area (Å²) in [6.07, 6.45) is 2.80. The van der Waals surface area contributed by atoms with Crippen LogP contribution in [0.5, 0.6) is 11.5 Å². The summed E-state index contributed by atoms with van der Waals surface area (Å²) >= 11 is 0. The van der Waals surface area contributed by atoms with Gasteiger partial charge in [0.2, 0.25) is 0 Å². The van der Waals surface area contributed by atoms with Gasteiger partial charge in [-0.2, -0.15) is 5.10 Å². The number of fused-ring (bicyclic) bond motifs is 2. The van der Waals surface area contributed by atoms with E-state index >= 15 is 0 Å². The second-order valence-corrected chi connectivity index (χ2v) is 6.37. The highest BCUT2D eigenvalue weighted by Crippen LogP contribution is 2.32. The van der Waals surface area contributed by atoms with Crippen LogP contribution in [0.3, 0.4) is 0 Å². The summed E-state index contributed by atoms with van der Waals surface area (Å²) in [5.41, 5.74) is 3.67. The van der Waals surface area contributed by atoms with Crippen molar-refractivity contribution >= 4 is 10.9 Å². The third-order valence-electron chi connectivity index (χ3n) is 4.03. The summed E-state index contributed by atoms with van der Waals surface area (Å²) in [6, 6.07) is 12.4. The Hall–Kier alpha value is -2.49. The van der Waals surface area contributed by atoms with E-state index in [9.17, 15) is 0 Å². The molecule has 0 bridgehead atoms. The fraction of sp³-hybridized carbons (Fsp3) is 0.409. The summed E-state index contributed by atoms with van der Waals surface area (Å²) in [5, 5.41) is 7.99. The average molecular weight is 354 g/mol. The lowest BCUT2D eigenvalue weighted by atomic mass is 10.0. The smallest absolute Gasteiger partial charge is 0.161 e. The lowest BCUT2D eigenvalue weighted by molar-refractivity contribution is 0.297. The van der Waals surface area contributed by atoms with E-state index in [2.05, 4.69) is 55.2 Å². The molecule has 2 heterocycles. The van der Waals surface area contributed by atoms with Crippen molar-refractivity contribution in [1.29, 1.82) is 0 Å². The van der Waals surface area contributed by atoms with Crippen molar-refractivity contribution < 1.29 is 9.47 Å². The minimum absolute atomic E-state index is 0.534. The van der Waals surface area contributed by atoms with Gasteiger partial charge in [0.25, 0.3) is 0 Å². The van der Waals surface area contributed by atoms with Crippen LogP contribution in [0.1, 0.15) is 51.2 Å². The number of H-pyrrole nitrogens is 1. The Morgan fingerprint density at radius 2 is 1.69 bits per heavy atom. The molecule has 0 radical (unpaired) electrons. The number of aryl methyl sites for hydroxylation is 1. The molecule has 26 heavy (non-hydrogen) atoms. The van der Waals surface area contributed by atoms with Gasteiger partial charge in [0.1, 0.15) is 0 Å². The first-order chi connectivity index (χ1) is 12.6. The lowest BCUT2D eigenvalue weighted by Gasteiger charge is -2.10. The average Bonchev–Trinajstić information content (AvgIpc) is 2.98. The molecule has 4 heteroatoms. The molecule has 0 spiro atoms. The SMILES string of the molecule is CC.CC(C)c1ccc2c(c1)OCCCO2.Cc1ccc2[nH]ncc2c1. The molecule has 0 fully saturated rings. The van der Waals surface area contributed by atoms with Gasteiger partial charge in [0.05, 0.1) is 24.9 Å². The number of hydrogen-bond acceptors (Lipinski definition) is 3. The largest absolute Gasteiger partial charge is 0.490 e. The zero-order chi connectivity index (χ0) is 18.9. The summed E-state index contributed by atoms with van der Waals surface area (Å²) in [5.74, 6) is 2.31. The Morgan fingerprint density at radius 3 is 2.42 bits per heavy atom. The van der Waals surface area contributed by atoms with Crippen LogP contribution in [0.25, 0.3) is 10.9 Å². The molecule has 3 aromatic rings. The normalized spacial score (nSPS) is 12.5. The molecular weight excluding hydrogens is 324 g/mol. The number of rotatable bonds is 1. The number of ether oxygens (including phenoxy) is 2. The molecule has 0 saturated carbocycles. The molecular formula is C22H30N2O2. The van der Waals surface area contributed by atoms with Crippen LogP contribution >= 0.6 is 0 Å². The van der Waals surface area contributed by atoms with Crippen molar-refractivity contribution in [3.63, 3.8) is 0 Å². The molecule has 4 nitrogen and oxygen atoms in total. The zero-order valence-electron chi connectivity index (χ0n) is 16.5. The molecule has 0 atom stereocenters. The predicted octanol–water partition coefficient (Wildman–Crippen LogP) is 5.87. The third kappa shape index (κ3) is 5.25. The minimum Gasteiger partial charge on any atom is -0.490 e. The van der Waals surface area contributed by atoms with E-state index in [1.807, 2.05) is 32.2 Å². The van der Waals surface area contributed by atoms with Gasteiger partial charge < -0.3 is 9.47 Å².